The lowest BCUT2D eigenvalue weighted by molar-refractivity contribution is 0.0322. The Morgan fingerprint density at radius 2 is 1.96 bits per heavy atom. The molecule has 2 aliphatic heterocycles. The summed E-state index contributed by atoms with van der Waals surface area (Å²) in [4.78, 5) is 21.0. The number of hydrogen-bond acceptors (Lipinski definition) is 6. The van der Waals surface area contributed by atoms with Crippen molar-refractivity contribution in [3.8, 4) is 0 Å². The number of carbonyl (C=O) groups excluding carboxylic acids is 1. The SMILES string of the molecule is CCc1nc(C)c(C(=O)N2CCN(CC)[C@@H]3CS(=O)(=O)C[C@@H]32)o1. The van der Waals surface area contributed by atoms with E-state index in [1.807, 2.05) is 13.8 Å². The number of aromatic nitrogens is 1. The number of rotatable bonds is 3. The Kier molecular flexibility index (Phi) is 4.22. The maximum atomic E-state index is 12.9. The van der Waals surface area contributed by atoms with Crippen LogP contribution in [0.3, 0.4) is 0 Å². The second kappa shape index (κ2) is 5.90. The van der Waals surface area contributed by atoms with E-state index < -0.39 is 9.84 Å². The predicted octanol–water partition coefficient (Wildman–Crippen LogP) is 0.489. The number of sulfone groups is 1. The third kappa shape index (κ3) is 2.89. The van der Waals surface area contributed by atoms with Gasteiger partial charge in [-0.1, -0.05) is 13.8 Å². The lowest BCUT2D eigenvalue weighted by Gasteiger charge is -2.43. The summed E-state index contributed by atoms with van der Waals surface area (Å²) in [6.07, 6.45) is 0.623. The van der Waals surface area contributed by atoms with Gasteiger partial charge in [0.1, 0.15) is 0 Å². The average Bonchev–Trinajstić information content (AvgIpc) is 3.03. The van der Waals surface area contributed by atoms with Gasteiger partial charge >= 0.3 is 0 Å². The van der Waals surface area contributed by atoms with Gasteiger partial charge in [0.15, 0.2) is 15.7 Å². The molecule has 0 N–H and O–H groups in total. The first-order valence-corrected chi connectivity index (χ1v) is 9.90. The Morgan fingerprint density at radius 3 is 2.57 bits per heavy atom. The maximum Gasteiger partial charge on any atom is 0.291 e. The first kappa shape index (κ1) is 16.4. The second-order valence-electron chi connectivity index (χ2n) is 6.21. The van der Waals surface area contributed by atoms with Crippen molar-refractivity contribution < 1.29 is 17.6 Å². The van der Waals surface area contributed by atoms with E-state index in [0.717, 1.165) is 6.54 Å². The van der Waals surface area contributed by atoms with E-state index in [4.69, 9.17) is 4.42 Å². The summed E-state index contributed by atoms with van der Waals surface area (Å²) in [5.74, 6) is 0.708. The summed E-state index contributed by atoms with van der Waals surface area (Å²) >= 11 is 0. The van der Waals surface area contributed by atoms with Crippen LogP contribution < -0.4 is 0 Å². The molecule has 2 aliphatic rings. The lowest BCUT2D eigenvalue weighted by Crippen LogP contribution is -2.60. The summed E-state index contributed by atoms with van der Waals surface area (Å²) in [7, 11) is -3.11. The van der Waals surface area contributed by atoms with Crippen molar-refractivity contribution in [1.29, 1.82) is 0 Å². The van der Waals surface area contributed by atoms with Crippen molar-refractivity contribution in [3.63, 3.8) is 0 Å². The van der Waals surface area contributed by atoms with Crippen LogP contribution in [0.2, 0.25) is 0 Å². The first-order chi connectivity index (χ1) is 10.9. The molecule has 7 nitrogen and oxygen atoms in total. The fourth-order valence-electron chi connectivity index (χ4n) is 3.60. The van der Waals surface area contributed by atoms with Gasteiger partial charge in [-0.3, -0.25) is 9.69 Å². The number of piperazine rings is 1. The molecule has 0 saturated carbocycles. The van der Waals surface area contributed by atoms with Crippen LogP contribution in [-0.4, -0.2) is 72.3 Å². The minimum absolute atomic E-state index is 0.0354. The van der Waals surface area contributed by atoms with Crippen LogP contribution in [0.15, 0.2) is 4.42 Å². The highest BCUT2D eigenvalue weighted by atomic mass is 32.2. The van der Waals surface area contributed by atoms with E-state index in [1.165, 1.54) is 0 Å². The van der Waals surface area contributed by atoms with Gasteiger partial charge in [0, 0.05) is 25.6 Å². The normalized spacial score (nSPS) is 27.2. The third-order valence-electron chi connectivity index (χ3n) is 4.80. The lowest BCUT2D eigenvalue weighted by atomic mass is 10.0. The summed E-state index contributed by atoms with van der Waals surface area (Å²) in [6.45, 7) is 7.69. The van der Waals surface area contributed by atoms with Crippen LogP contribution >= 0.6 is 0 Å². The van der Waals surface area contributed by atoms with E-state index in [1.54, 1.807) is 11.8 Å². The first-order valence-electron chi connectivity index (χ1n) is 8.08. The van der Waals surface area contributed by atoms with Crippen LogP contribution in [0.4, 0.5) is 0 Å². The second-order valence-corrected chi connectivity index (χ2v) is 8.37. The molecule has 2 fully saturated rings. The summed E-state index contributed by atoms with van der Waals surface area (Å²) in [5, 5.41) is 0. The van der Waals surface area contributed by atoms with E-state index >= 15 is 0 Å². The highest BCUT2D eigenvalue weighted by molar-refractivity contribution is 7.91. The van der Waals surface area contributed by atoms with Gasteiger partial charge in [-0.25, -0.2) is 13.4 Å². The number of hydrogen-bond donors (Lipinski definition) is 0. The summed E-state index contributed by atoms with van der Waals surface area (Å²) in [6, 6.07) is -0.410. The predicted molar refractivity (Wildman–Crippen MR) is 85.1 cm³/mol. The number of carbonyl (C=O) groups is 1. The van der Waals surface area contributed by atoms with Crippen LogP contribution in [0.25, 0.3) is 0 Å². The summed E-state index contributed by atoms with van der Waals surface area (Å²) in [5.41, 5.74) is 0.571. The number of amides is 1. The Bertz CT molecular complexity index is 712. The Balaban J connectivity index is 1.90. The number of nitrogens with zero attached hydrogens (tertiary/aromatic N) is 3. The van der Waals surface area contributed by atoms with Gasteiger partial charge in [-0.15, -0.1) is 0 Å². The van der Waals surface area contributed by atoms with E-state index in [0.29, 0.717) is 31.1 Å². The molecule has 2 atom stereocenters. The van der Waals surface area contributed by atoms with Gasteiger partial charge in [0.2, 0.25) is 5.76 Å². The molecule has 0 unspecified atom stereocenters. The van der Waals surface area contributed by atoms with Gasteiger partial charge in [-0.05, 0) is 13.5 Å². The van der Waals surface area contributed by atoms with Gasteiger partial charge in [-0.2, -0.15) is 0 Å². The number of likely N-dealkylation sites (N-methyl/N-ethyl adjacent to an activating group) is 1. The molecule has 8 heteroatoms. The van der Waals surface area contributed by atoms with Crippen molar-refractivity contribution >= 4 is 15.7 Å². The van der Waals surface area contributed by atoms with Crippen LogP contribution in [0.1, 0.15) is 36.0 Å². The van der Waals surface area contributed by atoms with Crippen LogP contribution in [0, 0.1) is 6.92 Å². The third-order valence-corrected chi connectivity index (χ3v) is 6.49. The van der Waals surface area contributed by atoms with Gasteiger partial charge < -0.3 is 9.32 Å². The molecule has 3 heterocycles. The number of fused-ring (bicyclic) bond motifs is 1. The van der Waals surface area contributed by atoms with Gasteiger partial charge in [0.05, 0.1) is 23.2 Å². The van der Waals surface area contributed by atoms with E-state index in [2.05, 4.69) is 9.88 Å². The van der Waals surface area contributed by atoms with Crippen molar-refractivity contribution in [2.45, 2.75) is 39.3 Å². The van der Waals surface area contributed by atoms with Crippen LogP contribution in [-0.2, 0) is 16.3 Å². The maximum absolute atomic E-state index is 12.9. The fourth-order valence-corrected chi connectivity index (χ4v) is 5.61. The van der Waals surface area contributed by atoms with Gasteiger partial charge in [0.25, 0.3) is 5.91 Å². The summed E-state index contributed by atoms with van der Waals surface area (Å²) < 4.78 is 29.7. The molecule has 3 rings (SSSR count). The number of oxazole rings is 1. The largest absolute Gasteiger partial charge is 0.435 e. The molecule has 0 aliphatic carbocycles. The Labute approximate surface area is 136 Å². The molecule has 0 bridgehead atoms. The Morgan fingerprint density at radius 1 is 1.26 bits per heavy atom. The Hall–Kier alpha value is -1.41. The van der Waals surface area contributed by atoms with E-state index in [9.17, 15) is 13.2 Å². The molecule has 2 saturated heterocycles. The van der Waals surface area contributed by atoms with Crippen molar-refractivity contribution in [3.05, 3.63) is 17.3 Å². The molecule has 1 aromatic rings. The molecule has 23 heavy (non-hydrogen) atoms. The zero-order chi connectivity index (χ0) is 16.8. The zero-order valence-electron chi connectivity index (χ0n) is 13.8. The quantitative estimate of drug-likeness (QED) is 0.795. The molecule has 1 aromatic heterocycles. The highest BCUT2D eigenvalue weighted by Gasteiger charge is 2.48. The molecular formula is C15H23N3O4S. The van der Waals surface area contributed by atoms with Crippen molar-refractivity contribution in [2.24, 2.45) is 0 Å². The fraction of sp³-hybridized carbons (Fsp3) is 0.733. The molecule has 1 amide bonds. The van der Waals surface area contributed by atoms with E-state index in [-0.39, 0.29) is 35.3 Å². The zero-order valence-corrected chi connectivity index (χ0v) is 14.6. The standard InChI is InChI=1S/C15H23N3O4S/c1-4-13-16-10(3)14(22-13)15(19)18-7-6-17(5-2)11-8-23(20,21)9-12(11)18/h11-12H,4-9H2,1-3H3/t11-,12+/m1/s1. The molecule has 0 radical (unpaired) electrons. The minimum atomic E-state index is -3.11. The molecule has 0 spiro atoms. The van der Waals surface area contributed by atoms with Crippen LogP contribution in [0.5, 0.6) is 0 Å². The molecule has 128 valence electrons. The van der Waals surface area contributed by atoms with Crippen molar-refractivity contribution in [2.75, 3.05) is 31.1 Å². The smallest absolute Gasteiger partial charge is 0.291 e. The topological polar surface area (TPSA) is 83.7 Å². The minimum Gasteiger partial charge on any atom is -0.435 e. The molecule has 0 aromatic carbocycles. The molecular weight excluding hydrogens is 318 g/mol. The highest BCUT2D eigenvalue weighted by Crippen LogP contribution is 2.28. The number of aryl methyl sites for hydroxylation is 2. The average molecular weight is 341 g/mol. The van der Waals surface area contributed by atoms with Crippen molar-refractivity contribution in [1.82, 2.24) is 14.8 Å². The monoisotopic (exact) mass is 341 g/mol.